The largest absolute Gasteiger partial charge is 0.478 e. The molecule has 11 heteroatoms. The van der Waals surface area contributed by atoms with Crippen LogP contribution in [-0.4, -0.2) is 49.3 Å². The van der Waals surface area contributed by atoms with Crippen LogP contribution in [0, 0.1) is 0 Å². The van der Waals surface area contributed by atoms with Crippen molar-refractivity contribution in [1.82, 2.24) is 15.1 Å². The van der Waals surface area contributed by atoms with E-state index in [1.54, 1.807) is 23.7 Å². The predicted octanol–water partition coefficient (Wildman–Crippen LogP) is 5.36. The molecule has 0 atom stereocenters. The third kappa shape index (κ3) is 6.12. The second kappa shape index (κ2) is 10.3. The molecule has 4 rings (SSSR count). The van der Waals surface area contributed by atoms with Crippen LogP contribution in [0.4, 0.5) is 27.4 Å². The zero-order chi connectivity index (χ0) is 25.9. The predicted molar refractivity (Wildman–Crippen MR) is 137 cm³/mol. The van der Waals surface area contributed by atoms with Crippen molar-refractivity contribution in [1.29, 1.82) is 0 Å². The quantitative estimate of drug-likeness (QED) is 0.222. The van der Waals surface area contributed by atoms with Crippen molar-refractivity contribution >= 4 is 56.3 Å². The van der Waals surface area contributed by atoms with E-state index in [4.69, 9.17) is 5.11 Å². The maximum Gasteiger partial charge on any atom is 0.335 e. The molecule has 0 saturated carbocycles. The van der Waals surface area contributed by atoms with Crippen molar-refractivity contribution in [3.63, 3.8) is 0 Å². The molecule has 4 aromatic rings. The molecule has 0 spiro atoms. The van der Waals surface area contributed by atoms with Crippen LogP contribution >= 0.6 is 11.3 Å². The van der Waals surface area contributed by atoms with Crippen LogP contribution < -0.4 is 10.6 Å². The van der Waals surface area contributed by atoms with Gasteiger partial charge in [-0.3, -0.25) is 4.79 Å². The number of carboxylic acids is 1. The molecule has 2 aromatic carbocycles. The number of hydrogen-bond donors (Lipinski definition) is 4. The zero-order valence-electron chi connectivity index (χ0n) is 19.5. The molecule has 186 valence electrons. The lowest BCUT2D eigenvalue weighted by Gasteiger charge is -2.21. The summed E-state index contributed by atoms with van der Waals surface area (Å²) in [7, 11) is 0. The topological polar surface area (TPSA) is 128 Å². The molecule has 0 aliphatic heterocycles. The highest BCUT2D eigenvalue weighted by Crippen LogP contribution is 2.28. The van der Waals surface area contributed by atoms with Crippen LogP contribution in [0.25, 0.3) is 10.2 Å². The van der Waals surface area contributed by atoms with Crippen molar-refractivity contribution in [3.8, 4) is 0 Å². The molecule has 0 fully saturated rings. The molecule has 36 heavy (non-hydrogen) atoms. The van der Waals surface area contributed by atoms with Crippen molar-refractivity contribution in [3.05, 3.63) is 71.4 Å². The highest BCUT2D eigenvalue weighted by atomic mass is 32.1. The van der Waals surface area contributed by atoms with Gasteiger partial charge in [-0.15, -0.1) is 11.3 Å². The number of pyridine rings is 1. The average molecular weight is 510 g/mol. The fourth-order valence-electron chi connectivity index (χ4n) is 3.33. The van der Waals surface area contributed by atoms with Crippen molar-refractivity contribution in [2.75, 3.05) is 17.2 Å². The maximum absolute atomic E-state index is 14.7. The van der Waals surface area contributed by atoms with E-state index < -0.39 is 17.5 Å². The van der Waals surface area contributed by atoms with Gasteiger partial charge >= 0.3 is 5.97 Å². The molecule has 0 aliphatic carbocycles. The standard InChI is InChI=1S/C25H24FN5O4S/c1-25(2,35)9-10-31(26)23(32)18-13-27-22(30-17-7-8-19-21(11-17)36-14-28-19)12-20(18)29-16-5-3-15(4-6-16)24(33)34/h3-8,11-14,35H,9-10H2,1-2H3,(H,33,34)(H2,27,29,30). The van der Waals surface area contributed by atoms with Crippen LogP contribution in [0.3, 0.4) is 0 Å². The second-order valence-corrected chi connectivity index (χ2v) is 9.62. The van der Waals surface area contributed by atoms with Crippen LogP contribution in [0.15, 0.2) is 60.2 Å². The number of benzene rings is 2. The summed E-state index contributed by atoms with van der Waals surface area (Å²) in [5.74, 6) is -1.58. The molecular formula is C25H24FN5O4S. The Morgan fingerprint density at radius 1 is 1.06 bits per heavy atom. The number of hydrogen-bond acceptors (Lipinski definition) is 8. The smallest absolute Gasteiger partial charge is 0.335 e. The molecule has 9 nitrogen and oxygen atoms in total. The molecule has 0 saturated heterocycles. The first-order valence-electron chi connectivity index (χ1n) is 11.0. The number of anilines is 4. The highest BCUT2D eigenvalue weighted by Gasteiger charge is 2.23. The van der Waals surface area contributed by atoms with Crippen LogP contribution in [0.1, 0.15) is 41.0 Å². The minimum absolute atomic E-state index is 0.0287. The number of halogens is 1. The van der Waals surface area contributed by atoms with Gasteiger partial charge in [0.05, 0.1) is 44.7 Å². The summed E-state index contributed by atoms with van der Waals surface area (Å²) in [5, 5.41) is 25.3. The van der Waals surface area contributed by atoms with E-state index in [1.807, 2.05) is 18.2 Å². The minimum atomic E-state index is -1.14. The number of amides is 1. The van der Waals surface area contributed by atoms with E-state index >= 15 is 0 Å². The van der Waals surface area contributed by atoms with Crippen LogP contribution in [0.5, 0.6) is 0 Å². The Bertz CT molecular complexity index is 1400. The summed E-state index contributed by atoms with van der Waals surface area (Å²) in [6, 6.07) is 13.1. The summed E-state index contributed by atoms with van der Waals surface area (Å²) >= 11 is 1.50. The number of carboxylic acid groups (broad SMARTS) is 1. The Kier molecular flexibility index (Phi) is 7.13. The van der Waals surface area contributed by atoms with Gasteiger partial charge in [-0.25, -0.2) is 14.8 Å². The Morgan fingerprint density at radius 2 is 1.78 bits per heavy atom. The SMILES string of the molecule is CC(C)(O)CCN(F)C(=O)c1cnc(Nc2ccc3ncsc3c2)cc1Nc1ccc(C(=O)O)cc1. The number of carbonyl (C=O) groups is 2. The van der Waals surface area contributed by atoms with Crippen molar-refractivity contribution < 1.29 is 24.3 Å². The van der Waals surface area contributed by atoms with Crippen LogP contribution in [-0.2, 0) is 0 Å². The number of aromatic nitrogens is 2. The van der Waals surface area contributed by atoms with E-state index in [0.717, 1.165) is 15.9 Å². The molecule has 0 aliphatic rings. The van der Waals surface area contributed by atoms with Gasteiger partial charge in [-0.1, -0.05) is 4.48 Å². The molecule has 1 amide bonds. The average Bonchev–Trinajstić information content (AvgIpc) is 3.30. The third-order valence-corrected chi connectivity index (χ3v) is 6.08. The van der Waals surface area contributed by atoms with Gasteiger partial charge in [0, 0.05) is 23.6 Å². The fourth-order valence-corrected chi connectivity index (χ4v) is 4.05. The van der Waals surface area contributed by atoms with Gasteiger partial charge < -0.3 is 20.8 Å². The van der Waals surface area contributed by atoms with Gasteiger partial charge in [0.15, 0.2) is 0 Å². The lowest BCUT2D eigenvalue weighted by Crippen LogP contribution is -2.30. The molecule has 2 aromatic heterocycles. The molecule has 0 radical (unpaired) electrons. The molecule has 2 heterocycles. The van der Waals surface area contributed by atoms with E-state index in [9.17, 15) is 19.2 Å². The number of thiazole rings is 1. The third-order valence-electron chi connectivity index (χ3n) is 5.29. The molecule has 4 N–H and O–H groups in total. The van der Waals surface area contributed by atoms with Gasteiger partial charge in [-0.2, -0.15) is 5.12 Å². The van der Waals surface area contributed by atoms with Crippen molar-refractivity contribution in [2.24, 2.45) is 0 Å². The van der Waals surface area contributed by atoms with Gasteiger partial charge in [-0.05, 0) is 62.7 Å². The number of rotatable bonds is 9. The van der Waals surface area contributed by atoms with E-state index in [0.29, 0.717) is 11.5 Å². The van der Waals surface area contributed by atoms with E-state index in [1.165, 1.54) is 43.5 Å². The number of aromatic carboxylic acids is 1. The molecule has 0 bridgehead atoms. The first kappa shape index (κ1) is 25.0. The normalized spacial score (nSPS) is 11.3. The van der Waals surface area contributed by atoms with E-state index in [2.05, 4.69) is 20.6 Å². The summed E-state index contributed by atoms with van der Waals surface area (Å²) in [5.41, 5.74) is 3.10. The zero-order valence-corrected chi connectivity index (χ0v) is 20.3. The highest BCUT2D eigenvalue weighted by molar-refractivity contribution is 7.16. The summed E-state index contributed by atoms with van der Waals surface area (Å²) in [6.45, 7) is 2.76. The minimum Gasteiger partial charge on any atom is -0.478 e. The van der Waals surface area contributed by atoms with Crippen LogP contribution in [0.2, 0.25) is 0 Å². The van der Waals surface area contributed by atoms with Crippen molar-refractivity contribution in [2.45, 2.75) is 25.9 Å². The monoisotopic (exact) mass is 509 g/mol. The number of nitrogens with one attached hydrogen (secondary N) is 2. The van der Waals surface area contributed by atoms with Gasteiger partial charge in [0.25, 0.3) is 5.91 Å². The number of nitrogens with zero attached hydrogens (tertiary/aromatic N) is 3. The fraction of sp³-hybridized carbons (Fsp3) is 0.200. The van der Waals surface area contributed by atoms with Gasteiger partial charge in [0.2, 0.25) is 0 Å². The lowest BCUT2D eigenvalue weighted by atomic mass is 10.1. The number of carbonyl (C=O) groups excluding carboxylic acids is 1. The summed E-state index contributed by atoms with van der Waals surface area (Å²) in [6.07, 6.45) is 1.31. The summed E-state index contributed by atoms with van der Waals surface area (Å²) in [4.78, 5) is 32.6. The Morgan fingerprint density at radius 3 is 2.47 bits per heavy atom. The first-order valence-corrected chi connectivity index (χ1v) is 11.9. The second-order valence-electron chi connectivity index (χ2n) is 8.74. The Hall–Kier alpha value is -4.09. The van der Waals surface area contributed by atoms with Gasteiger partial charge in [0.1, 0.15) is 5.82 Å². The number of fused-ring (bicyclic) bond motifs is 1. The maximum atomic E-state index is 14.7. The lowest BCUT2D eigenvalue weighted by molar-refractivity contribution is -0.00190. The molecule has 0 unspecified atom stereocenters. The Labute approximate surface area is 210 Å². The summed E-state index contributed by atoms with van der Waals surface area (Å²) < 4.78 is 15.7. The number of aliphatic hydroxyl groups is 1. The molecular weight excluding hydrogens is 485 g/mol. The van der Waals surface area contributed by atoms with E-state index in [-0.39, 0.29) is 34.9 Å². The first-order chi connectivity index (χ1) is 17.1. The Balaban J connectivity index is 1.63.